The fraction of sp³-hybridized carbons (Fsp3) is 0.316. The van der Waals surface area contributed by atoms with Gasteiger partial charge in [0.2, 0.25) is 0 Å². The molecule has 0 aliphatic carbocycles. The highest BCUT2D eigenvalue weighted by atomic mass is 35.5. The van der Waals surface area contributed by atoms with Crippen molar-refractivity contribution in [3.63, 3.8) is 0 Å². The van der Waals surface area contributed by atoms with Crippen LogP contribution in [-0.2, 0) is 17.8 Å². The lowest BCUT2D eigenvalue weighted by atomic mass is 10.1. The zero-order chi connectivity index (χ0) is 18.9. The summed E-state index contributed by atoms with van der Waals surface area (Å²) in [6, 6.07) is 11.5. The van der Waals surface area contributed by atoms with Crippen molar-refractivity contribution in [3.8, 4) is 11.5 Å². The first-order chi connectivity index (χ1) is 12.5. The lowest BCUT2D eigenvalue weighted by Crippen LogP contribution is -2.20. The van der Waals surface area contributed by atoms with Crippen molar-refractivity contribution in [3.05, 3.63) is 57.6 Å². The highest BCUT2D eigenvalue weighted by Gasteiger charge is 2.13. The maximum atomic E-state index is 10.9. The molecule has 0 atom stereocenters. The third kappa shape index (κ3) is 6.41. The predicted octanol–water partition coefficient (Wildman–Crippen LogP) is 3.59. The monoisotopic (exact) mass is 396 g/mol. The summed E-state index contributed by atoms with van der Waals surface area (Å²) in [6.45, 7) is 1.26. The van der Waals surface area contributed by atoms with Gasteiger partial charge in [0.1, 0.15) is 0 Å². The summed E-state index contributed by atoms with van der Waals surface area (Å²) >= 11 is 12.1. The Morgan fingerprint density at radius 1 is 1.15 bits per heavy atom. The lowest BCUT2D eigenvalue weighted by Gasteiger charge is -2.14. The van der Waals surface area contributed by atoms with Crippen molar-refractivity contribution in [1.82, 2.24) is 5.32 Å². The van der Waals surface area contributed by atoms with Gasteiger partial charge in [0.05, 0.1) is 12.1 Å². The number of nitrogens with two attached hydrogens (primary N) is 1. The Labute approximate surface area is 163 Å². The average Bonchev–Trinajstić information content (AvgIpc) is 2.61. The lowest BCUT2D eigenvalue weighted by molar-refractivity contribution is -0.119. The van der Waals surface area contributed by atoms with Crippen LogP contribution < -0.4 is 20.5 Å². The van der Waals surface area contributed by atoms with Crippen molar-refractivity contribution in [2.75, 3.05) is 20.3 Å². The van der Waals surface area contributed by atoms with Crippen LogP contribution in [0.1, 0.15) is 17.5 Å². The van der Waals surface area contributed by atoms with Crippen LogP contribution in [0, 0.1) is 0 Å². The zero-order valence-corrected chi connectivity index (χ0v) is 16.1. The van der Waals surface area contributed by atoms with Crippen LogP contribution in [0.3, 0.4) is 0 Å². The number of hydrogen-bond donors (Lipinski definition) is 2. The Kier molecular flexibility index (Phi) is 8.04. The summed E-state index contributed by atoms with van der Waals surface area (Å²) in [6.07, 6.45) is 1.99. The van der Waals surface area contributed by atoms with Crippen LogP contribution >= 0.6 is 23.2 Å². The fourth-order valence-electron chi connectivity index (χ4n) is 2.46. The second-order valence-corrected chi connectivity index (χ2v) is 6.61. The minimum Gasteiger partial charge on any atom is -0.493 e. The number of halogens is 2. The summed E-state index contributed by atoms with van der Waals surface area (Å²) in [5.41, 5.74) is 7.31. The van der Waals surface area contributed by atoms with E-state index < -0.39 is 5.91 Å². The number of rotatable bonds is 10. The van der Waals surface area contributed by atoms with E-state index in [9.17, 15) is 4.79 Å². The minimum atomic E-state index is -0.574. The average molecular weight is 397 g/mol. The Balaban J connectivity index is 1.84. The number of primary amides is 1. The van der Waals surface area contributed by atoms with Crippen molar-refractivity contribution in [1.29, 1.82) is 0 Å². The standard InChI is InChI=1S/C19H22Cl2N2O3/c1-25-17-10-14(9-16(21)19(17)26-12-18(22)24)11-23-8-2-3-13-4-6-15(20)7-5-13/h4-7,9-10,23H,2-3,8,11-12H2,1H3,(H2,22,24). The van der Waals surface area contributed by atoms with E-state index in [1.54, 1.807) is 6.07 Å². The number of benzene rings is 2. The molecule has 0 saturated carbocycles. The van der Waals surface area contributed by atoms with Crippen molar-refractivity contribution in [2.24, 2.45) is 5.73 Å². The number of carbonyl (C=O) groups excluding carboxylic acids is 1. The molecule has 2 rings (SSSR count). The van der Waals surface area contributed by atoms with Gasteiger partial charge < -0.3 is 20.5 Å². The van der Waals surface area contributed by atoms with E-state index >= 15 is 0 Å². The number of ether oxygens (including phenoxy) is 2. The van der Waals surface area contributed by atoms with Gasteiger partial charge in [0, 0.05) is 11.6 Å². The van der Waals surface area contributed by atoms with Crippen molar-refractivity contribution >= 4 is 29.1 Å². The van der Waals surface area contributed by atoms with E-state index in [0.29, 0.717) is 23.1 Å². The zero-order valence-electron chi connectivity index (χ0n) is 14.6. The SMILES string of the molecule is COc1cc(CNCCCc2ccc(Cl)cc2)cc(Cl)c1OCC(N)=O. The molecule has 26 heavy (non-hydrogen) atoms. The molecule has 0 unspecified atom stereocenters. The first kappa shape index (κ1) is 20.4. The Hall–Kier alpha value is -1.95. The Morgan fingerprint density at radius 3 is 2.54 bits per heavy atom. The molecule has 0 fully saturated rings. The van der Waals surface area contributed by atoms with Crippen LogP contribution in [0.2, 0.25) is 10.0 Å². The summed E-state index contributed by atoms with van der Waals surface area (Å²) in [5.74, 6) is 0.214. The number of hydrogen-bond acceptors (Lipinski definition) is 4. The van der Waals surface area contributed by atoms with Gasteiger partial charge in [-0.1, -0.05) is 35.3 Å². The van der Waals surface area contributed by atoms with Gasteiger partial charge in [-0.3, -0.25) is 4.79 Å². The van der Waals surface area contributed by atoms with Gasteiger partial charge in [0.25, 0.3) is 5.91 Å². The number of aryl methyl sites for hydroxylation is 1. The van der Waals surface area contributed by atoms with Crippen LogP contribution in [-0.4, -0.2) is 26.2 Å². The molecule has 2 aromatic carbocycles. The maximum Gasteiger partial charge on any atom is 0.255 e. The maximum absolute atomic E-state index is 10.9. The molecule has 0 saturated heterocycles. The molecule has 0 radical (unpaired) electrons. The van der Waals surface area contributed by atoms with Gasteiger partial charge >= 0.3 is 0 Å². The first-order valence-electron chi connectivity index (χ1n) is 8.22. The molecule has 0 aliphatic rings. The second-order valence-electron chi connectivity index (χ2n) is 5.77. The molecule has 5 nitrogen and oxygen atoms in total. The fourth-order valence-corrected chi connectivity index (χ4v) is 2.87. The molecule has 0 heterocycles. The second kappa shape index (κ2) is 10.3. The first-order valence-corrected chi connectivity index (χ1v) is 8.98. The van der Waals surface area contributed by atoms with Crippen LogP contribution in [0.25, 0.3) is 0 Å². The summed E-state index contributed by atoms with van der Waals surface area (Å²) in [5, 5.41) is 4.51. The molecule has 2 aromatic rings. The molecule has 7 heteroatoms. The van der Waals surface area contributed by atoms with Gasteiger partial charge in [-0.05, 0) is 54.8 Å². The third-order valence-electron chi connectivity index (χ3n) is 3.71. The quantitative estimate of drug-likeness (QED) is 0.601. The van der Waals surface area contributed by atoms with Gasteiger partial charge in [-0.2, -0.15) is 0 Å². The van der Waals surface area contributed by atoms with Crippen molar-refractivity contribution < 1.29 is 14.3 Å². The highest BCUT2D eigenvalue weighted by molar-refractivity contribution is 6.32. The number of methoxy groups -OCH3 is 1. The van der Waals surface area contributed by atoms with Crippen LogP contribution in [0.15, 0.2) is 36.4 Å². The summed E-state index contributed by atoms with van der Waals surface area (Å²) in [4.78, 5) is 10.9. The topological polar surface area (TPSA) is 73.6 Å². The highest BCUT2D eigenvalue weighted by Crippen LogP contribution is 2.36. The normalized spacial score (nSPS) is 10.6. The van der Waals surface area contributed by atoms with E-state index in [-0.39, 0.29) is 6.61 Å². The molecular weight excluding hydrogens is 375 g/mol. The van der Waals surface area contributed by atoms with Gasteiger partial charge in [-0.15, -0.1) is 0 Å². The molecule has 0 aliphatic heterocycles. The minimum absolute atomic E-state index is 0.252. The molecule has 0 spiro atoms. The molecule has 140 valence electrons. The molecule has 1 amide bonds. The molecule has 0 bridgehead atoms. The predicted molar refractivity (Wildman–Crippen MR) is 104 cm³/mol. The summed E-state index contributed by atoms with van der Waals surface area (Å²) < 4.78 is 10.6. The smallest absolute Gasteiger partial charge is 0.255 e. The number of carbonyl (C=O) groups is 1. The Bertz CT molecular complexity index is 736. The van der Waals surface area contributed by atoms with Crippen molar-refractivity contribution in [2.45, 2.75) is 19.4 Å². The van der Waals surface area contributed by atoms with Crippen LogP contribution in [0.4, 0.5) is 0 Å². The summed E-state index contributed by atoms with van der Waals surface area (Å²) in [7, 11) is 1.52. The van der Waals surface area contributed by atoms with Gasteiger partial charge in [-0.25, -0.2) is 0 Å². The number of nitrogens with one attached hydrogen (secondary N) is 1. The third-order valence-corrected chi connectivity index (χ3v) is 4.24. The molecular formula is C19H22Cl2N2O3. The number of amides is 1. The van der Waals surface area contributed by atoms with E-state index in [0.717, 1.165) is 30.0 Å². The molecule has 0 aromatic heterocycles. The van der Waals surface area contributed by atoms with E-state index in [2.05, 4.69) is 5.32 Å². The Morgan fingerprint density at radius 2 is 1.88 bits per heavy atom. The largest absolute Gasteiger partial charge is 0.493 e. The molecule has 3 N–H and O–H groups in total. The van der Waals surface area contributed by atoms with Gasteiger partial charge in [0.15, 0.2) is 18.1 Å². The van der Waals surface area contributed by atoms with E-state index in [1.165, 1.54) is 12.7 Å². The van der Waals surface area contributed by atoms with E-state index in [1.807, 2.05) is 30.3 Å². The van der Waals surface area contributed by atoms with Crippen LogP contribution in [0.5, 0.6) is 11.5 Å². The van der Waals surface area contributed by atoms with E-state index in [4.69, 9.17) is 38.4 Å².